The minimum atomic E-state index is -3.43. The van der Waals surface area contributed by atoms with E-state index in [0.29, 0.717) is 5.56 Å². The number of benzene rings is 1. The number of rotatable bonds is 5. The van der Waals surface area contributed by atoms with Gasteiger partial charge in [-0.15, -0.1) is 0 Å². The zero-order valence-electron chi connectivity index (χ0n) is 11.8. The maximum absolute atomic E-state index is 12.3. The number of fused-ring (bicyclic) bond motifs is 1. The Hall–Kier alpha value is -2.31. The maximum atomic E-state index is 12.3. The predicted octanol–water partition coefficient (Wildman–Crippen LogP) is 2.25. The third kappa shape index (κ3) is 3.47. The summed E-state index contributed by atoms with van der Waals surface area (Å²) >= 11 is 0. The second-order valence-corrected chi connectivity index (χ2v) is 6.73. The first-order valence-corrected chi connectivity index (χ1v) is 8.48. The number of pyridine rings is 2. The van der Waals surface area contributed by atoms with E-state index in [1.165, 1.54) is 0 Å². The topological polar surface area (TPSA) is 72.0 Å². The lowest BCUT2D eigenvalue weighted by atomic mass is 10.1. The standard InChI is InChI=1S/C16H15N3O2S/c20-22(21,19-11-13-6-9-17-10-7-13)12-15-4-1-3-14-5-2-8-18-16(14)15/h1-10,19H,11-12H2. The molecule has 0 radical (unpaired) electrons. The predicted molar refractivity (Wildman–Crippen MR) is 85.4 cm³/mol. The Kier molecular flexibility index (Phi) is 4.13. The number of nitrogens with one attached hydrogen (secondary N) is 1. The molecule has 0 aliphatic heterocycles. The first-order valence-electron chi connectivity index (χ1n) is 6.83. The first kappa shape index (κ1) is 14.6. The van der Waals surface area contributed by atoms with Gasteiger partial charge in [0.2, 0.25) is 10.0 Å². The van der Waals surface area contributed by atoms with E-state index in [4.69, 9.17) is 0 Å². The van der Waals surface area contributed by atoms with Crippen molar-refractivity contribution in [1.82, 2.24) is 14.7 Å². The number of sulfonamides is 1. The smallest absolute Gasteiger partial charge is 0.216 e. The number of aromatic nitrogens is 2. The van der Waals surface area contributed by atoms with Crippen LogP contribution in [-0.2, 0) is 22.3 Å². The van der Waals surface area contributed by atoms with Crippen molar-refractivity contribution in [3.05, 3.63) is 72.2 Å². The molecule has 22 heavy (non-hydrogen) atoms. The lowest BCUT2D eigenvalue weighted by Crippen LogP contribution is -2.24. The fourth-order valence-electron chi connectivity index (χ4n) is 2.23. The molecule has 1 N–H and O–H groups in total. The Morgan fingerprint density at radius 3 is 2.55 bits per heavy atom. The van der Waals surface area contributed by atoms with Crippen molar-refractivity contribution in [3.63, 3.8) is 0 Å². The molecule has 0 aliphatic carbocycles. The molecule has 0 saturated carbocycles. The third-order valence-electron chi connectivity index (χ3n) is 3.31. The van der Waals surface area contributed by atoms with Gasteiger partial charge in [-0.1, -0.05) is 24.3 Å². The highest BCUT2D eigenvalue weighted by Crippen LogP contribution is 2.18. The fraction of sp³-hybridized carbons (Fsp3) is 0.125. The van der Waals surface area contributed by atoms with Crippen molar-refractivity contribution in [2.24, 2.45) is 0 Å². The third-order valence-corrected chi connectivity index (χ3v) is 4.58. The van der Waals surface area contributed by atoms with Crippen LogP contribution in [0.5, 0.6) is 0 Å². The number of hydrogen-bond acceptors (Lipinski definition) is 4. The highest BCUT2D eigenvalue weighted by atomic mass is 32.2. The van der Waals surface area contributed by atoms with E-state index < -0.39 is 10.0 Å². The number of para-hydroxylation sites is 1. The SMILES string of the molecule is O=S(=O)(Cc1cccc2cccnc12)NCc1ccncc1. The van der Waals surface area contributed by atoms with Gasteiger partial charge >= 0.3 is 0 Å². The summed E-state index contributed by atoms with van der Waals surface area (Å²) in [7, 11) is -3.43. The van der Waals surface area contributed by atoms with E-state index in [-0.39, 0.29) is 12.3 Å². The van der Waals surface area contributed by atoms with Crippen LogP contribution < -0.4 is 4.72 Å². The Balaban J connectivity index is 1.78. The molecule has 0 fully saturated rings. The number of nitrogens with zero attached hydrogens (tertiary/aromatic N) is 2. The van der Waals surface area contributed by atoms with Crippen LogP contribution in [0.4, 0.5) is 0 Å². The average molecular weight is 313 g/mol. The Labute approximate surface area is 129 Å². The van der Waals surface area contributed by atoms with Crippen LogP contribution in [0.1, 0.15) is 11.1 Å². The minimum absolute atomic E-state index is 0.0908. The zero-order chi connectivity index (χ0) is 15.4. The van der Waals surface area contributed by atoms with E-state index in [1.807, 2.05) is 24.3 Å². The summed E-state index contributed by atoms with van der Waals surface area (Å²) in [6, 6.07) is 12.9. The van der Waals surface area contributed by atoms with Crippen molar-refractivity contribution < 1.29 is 8.42 Å². The molecule has 112 valence electrons. The van der Waals surface area contributed by atoms with E-state index in [9.17, 15) is 8.42 Å². The molecule has 0 amide bonds. The molecule has 0 aliphatic rings. The van der Waals surface area contributed by atoms with Gasteiger partial charge < -0.3 is 0 Å². The van der Waals surface area contributed by atoms with Crippen LogP contribution in [0.15, 0.2) is 61.1 Å². The van der Waals surface area contributed by atoms with Gasteiger partial charge in [0, 0.05) is 30.5 Å². The molecule has 3 rings (SSSR count). The molecular weight excluding hydrogens is 298 g/mol. The Morgan fingerprint density at radius 2 is 1.73 bits per heavy atom. The maximum Gasteiger partial charge on any atom is 0.216 e. The van der Waals surface area contributed by atoms with E-state index in [0.717, 1.165) is 16.5 Å². The van der Waals surface area contributed by atoms with Crippen LogP contribution in [-0.4, -0.2) is 18.4 Å². The largest absolute Gasteiger partial charge is 0.265 e. The van der Waals surface area contributed by atoms with Crippen molar-refractivity contribution >= 4 is 20.9 Å². The molecule has 1 aromatic carbocycles. The molecule has 2 aromatic heterocycles. The van der Waals surface area contributed by atoms with Crippen LogP contribution >= 0.6 is 0 Å². The molecule has 0 bridgehead atoms. The van der Waals surface area contributed by atoms with Crippen molar-refractivity contribution in [2.45, 2.75) is 12.3 Å². The van der Waals surface area contributed by atoms with Crippen molar-refractivity contribution in [2.75, 3.05) is 0 Å². The van der Waals surface area contributed by atoms with Gasteiger partial charge in [-0.3, -0.25) is 9.97 Å². The van der Waals surface area contributed by atoms with E-state index >= 15 is 0 Å². The minimum Gasteiger partial charge on any atom is -0.265 e. The summed E-state index contributed by atoms with van der Waals surface area (Å²) in [6.45, 7) is 0.253. The van der Waals surface area contributed by atoms with Gasteiger partial charge in [-0.05, 0) is 29.3 Å². The van der Waals surface area contributed by atoms with Crippen LogP contribution in [0.25, 0.3) is 10.9 Å². The molecule has 0 atom stereocenters. The summed E-state index contributed by atoms with van der Waals surface area (Å²) in [5.41, 5.74) is 2.29. The highest BCUT2D eigenvalue weighted by Gasteiger charge is 2.13. The molecule has 2 heterocycles. The Morgan fingerprint density at radius 1 is 0.955 bits per heavy atom. The summed E-state index contributed by atoms with van der Waals surface area (Å²) in [5.74, 6) is -0.0908. The summed E-state index contributed by atoms with van der Waals surface area (Å²) in [6.07, 6.45) is 4.94. The summed E-state index contributed by atoms with van der Waals surface area (Å²) in [4.78, 5) is 8.19. The molecule has 0 unspecified atom stereocenters. The summed E-state index contributed by atoms with van der Waals surface area (Å²) < 4.78 is 27.1. The van der Waals surface area contributed by atoms with Gasteiger partial charge in [-0.2, -0.15) is 0 Å². The molecule has 0 saturated heterocycles. The monoisotopic (exact) mass is 313 g/mol. The molecule has 3 aromatic rings. The van der Waals surface area contributed by atoms with E-state index in [1.54, 1.807) is 36.8 Å². The molecular formula is C16H15N3O2S. The van der Waals surface area contributed by atoms with Crippen molar-refractivity contribution in [1.29, 1.82) is 0 Å². The first-order chi connectivity index (χ1) is 10.6. The van der Waals surface area contributed by atoms with Gasteiger partial charge in [-0.25, -0.2) is 13.1 Å². The fourth-order valence-corrected chi connectivity index (χ4v) is 3.36. The van der Waals surface area contributed by atoms with Crippen LogP contribution in [0.2, 0.25) is 0 Å². The van der Waals surface area contributed by atoms with Gasteiger partial charge in [0.1, 0.15) is 0 Å². The van der Waals surface area contributed by atoms with E-state index in [2.05, 4.69) is 14.7 Å². The van der Waals surface area contributed by atoms with Gasteiger partial charge in [0.05, 0.1) is 11.3 Å². The normalized spacial score (nSPS) is 11.6. The lowest BCUT2D eigenvalue weighted by Gasteiger charge is -2.08. The van der Waals surface area contributed by atoms with Crippen LogP contribution in [0.3, 0.4) is 0 Å². The Bertz CT molecular complexity index is 875. The van der Waals surface area contributed by atoms with Gasteiger partial charge in [0.25, 0.3) is 0 Å². The lowest BCUT2D eigenvalue weighted by molar-refractivity contribution is 0.580. The second-order valence-electron chi connectivity index (χ2n) is 4.93. The molecule has 6 heteroatoms. The highest BCUT2D eigenvalue weighted by molar-refractivity contribution is 7.88. The number of hydrogen-bond donors (Lipinski definition) is 1. The second kappa shape index (κ2) is 6.21. The average Bonchev–Trinajstić information content (AvgIpc) is 2.54. The van der Waals surface area contributed by atoms with Gasteiger partial charge in [0.15, 0.2) is 0 Å². The quantitative estimate of drug-likeness (QED) is 0.784. The molecule has 0 spiro atoms. The van der Waals surface area contributed by atoms with Crippen LogP contribution in [0, 0.1) is 0 Å². The summed E-state index contributed by atoms with van der Waals surface area (Å²) in [5, 5.41) is 0.935. The van der Waals surface area contributed by atoms with Crippen molar-refractivity contribution in [3.8, 4) is 0 Å². The zero-order valence-corrected chi connectivity index (χ0v) is 12.6. The molecule has 5 nitrogen and oxygen atoms in total.